The molecular weight excluding hydrogens is 494 g/mol. The predicted octanol–water partition coefficient (Wildman–Crippen LogP) is 6.98. The lowest BCUT2D eigenvalue weighted by molar-refractivity contribution is -0.587. The van der Waals surface area contributed by atoms with E-state index in [-0.39, 0.29) is 16.7 Å². The number of hydrogen-bond acceptors (Lipinski definition) is 5. The SMILES string of the molecule is CC1(C(=O)Nc2nc(-c3cccc4ccccc34)cs2)CC2c3ccccc3C1([N+](=O)[O-])c1ccccc12. The Morgan fingerprint density at radius 2 is 1.58 bits per heavy atom. The minimum absolute atomic E-state index is 0.0949. The van der Waals surface area contributed by atoms with Crippen LogP contribution in [0.25, 0.3) is 22.0 Å². The molecule has 0 spiro atoms. The number of carbonyl (C=O) groups is 1. The molecule has 1 atom stereocenters. The number of aromatic nitrogens is 1. The van der Waals surface area contributed by atoms with Gasteiger partial charge in [-0.2, -0.15) is 0 Å². The highest BCUT2D eigenvalue weighted by Gasteiger charge is 2.72. The van der Waals surface area contributed by atoms with Gasteiger partial charge < -0.3 is 5.32 Å². The highest BCUT2D eigenvalue weighted by Crippen LogP contribution is 2.64. The number of carbonyl (C=O) groups excluding carboxylic acids is 1. The number of benzene rings is 4. The van der Waals surface area contributed by atoms with Crippen molar-refractivity contribution in [2.75, 3.05) is 5.32 Å². The molecule has 0 saturated heterocycles. The summed E-state index contributed by atoms with van der Waals surface area (Å²) in [6.45, 7) is 1.74. The first kappa shape index (κ1) is 22.8. The molecule has 0 saturated carbocycles. The summed E-state index contributed by atoms with van der Waals surface area (Å²) >= 11 is 1.33. The summed E-state index contributed by atoms with van der Waals surface area (Å²) in [5.74, 6) is -0.482. The summed E-state index contributed by atoms with van der Waals surface area (Å²) in [4.78, 5) is 31.8. The van der Waals surface area contributed by atoms with Crippen LogP contribution in [-0.2, 0) is 10.3 Å². The van der Waals surface area contributed by atoms with Crippen molar-refractivity contribution in [3.8, 4) is 11.3 Å². The van der Waals surface area contributed by atoms with Gasteiger partial charge in [0.1, 0.15) is 5.41 Å². The quantitative estimate of drug-likeness (QED) is 0.206. The van der Waals surface area contributed by atoms with E-state index in [0.717, 1.165) is 33.2 Å². The zero-order valence-corrected chi connectivity index (χ0v) is 21.4. The molecule has 1 unspecified atom stereocenters. The summed E-state index contributed by atoms with van der Waals surface area (Å²) in [5.41, 5.74) is 1.79. The van der Waals surface area contributed by atoms with E-state index in [9.17, 15) is 14.9 Å². The Balaban J connectivity index is 1.32. The second-order valence-corrected chi connectivity index (χ2v) is 11.1. The van der Waals surface area contributed by atoms with Crippen molar-refractivity contribution in [2.45, 2.75) is 24.8 Å². The third-order valence-electron chi connectivity index (χ3n) is 8.43. The highest BCUT2D eigenvalue weighted by atomic mass is 32.1. The standard InChI is InChI=1S/C31H23N3O3S/c1-30(28(35)33-29-32-27(18-38-29)23-14-8-10-19-9-2-3-11-20(19)23)17-24-21-12-4-6-15-25(21)31(30,34(36)37)26-16-7-5-13-22(24)26/h2-16,18,24H,17H2,1H3,(H,32,33,35). The molecule has 1 aromatic heterocycles. The fraction of sp³-hybridized carbons (Fsp3) is 0.161. The minimum Gasteiger partial charge on any atom is -0.301 e. The summed E-state index contributed by atoms with van der Waals surface area (Å²) in [5, 5.41) is 20.7. The molecule has 6 nitrogen and oxygen atoms in total. The molecule has 0 radical (unpaired) electrons. The van der Waals surface area contributed by atoms with Gasteiger partial charge >= 0.3 is 0 Å². The molecule has 186 valence electrons. The molecule has 1 heterocycles. The van der Waals surface area contributed by atoms with Crippen LogP contribution in [0, 0.1) is 15.5 Å². The number of nitrogens with one attached hydrogen (secondary N) is 1. The van der Waals surface area contributed by atoms with Gasteiger partial charge in [0, 0.05) is 32.9 Å². The molecule has 1 amide bonds. The van der Waals surface area contributed by atoms with Gasteiger partial charge in [-0.15, -0.1) is 11.3 Å². The van der Waals surface area contributed by atoms with Crippen molar-refractivity contribution in [2.24, 2.45) is 5.41 Å². The van der Waals surface area contributed by atoms with Crippen LogP contribution in [0.5, 0.6) is 0 Å². The van der Waals surface area contributed by atoms with Crippen LogP contribution >= 0.6 is 11.3 Å². The van der Waals surface area contributed by atoms with Gasteiger partial charge in [0.05, 0.1) is 5.69 Å². The van der Waals surface area contributed by atoms with Crippen molar-refractivity contribution in [3.05, 3.63) is 129 Å². The van der Waals surface area contributed by atoms with E-state index in [1.807, 2.05) is 78.2 Å². The fourth-order valence-corrected chi connectivity index (χ4v) is 7.44. The van der Waals surface area contributed by atoms with E-state index >= 15 is 0 Å². The van der Waals surface area contributed by atoms with E-state index in [4.69, 9.17) is 4.98 Å². The van der Waals surface area contributed by atoms with E-state index < -0.39 is 11.0 Å². The molecule has 8 rings (SSSR count). The van der Waals surface area contributed by atoms with Crippen molar-refractivity contribution >= 4 is 33.1 Å². The number of thiazole rings is 1. The average Bonchev–Trinajstić information content (AvgIpc) is 3.41. The van der Waals surface area contributed by atoms with E-state index in [1.165, 1.54) is 11.3 Å². The summed E-state index contributed by atoms with van der Waals surface area (Å²) in [6, 6.07) is 29.2. The monoisotopic (exact) mass is 517 g/mol. The first-order valence-electron chi connectivity index (χ1n) is 12.5. The summed E-state index contributed by atoms with van der Waals surface area (Å²) in [6.07, 6.45) is 0.343. The van der Waals surface area contributed by atoms with Gasteiger partial charge in [-0.05, 0) is 35.2 Å². The Bertz CT molecular complexity index is 1720. The molecule has 1 N–H and O–H groups in total. The lowest BCUT2D eigenvalue weighted by Gasteiger charge is -2.52. The topological polar surface area (TPSA) is 85.1 Å². The lowest BCUT2D eigenvalue weighted by atomic mass is 9.48. The van der Waals surface area contributed by atoms with Crippen LogP contribution in [0.4, 0.5) is 5.13 Å². The number of rotatable bonds is 4. The van der Waals surface area contributed by atoms with Crippen molar-refractivity contribution in [3.63, 3.8) is 0 Å². The second-order valence-electron chi connectivity index (χ2n) is 10.2. The Morgan fingerprint density at radius 3 is 2.29 bits per heavy atom. The zero-order valence-electron chi connectivity index (χ0n) is 20.5. The number of nitrogens with zero attached hydrogens (tertiary/aromatic N) is 2. The van der Waals surface area contributed by atoms with Crippen LogP contribution in [0.15, 0.2) is 96.4 Å². The number of hydrogen-bond donors (Lipinski definition) is 1. The van der Waals surface area contributed by atoms with Crippen LogP contribution in [0.2, 0.25) is 0 Å². The third-order valence-corrected chi connectivity index (χ3v) is 9.19. The predicted molar refractivity (Wildman–Crippen MR) is 149 cm³/mol. The van der Waals surface area contributed by atoms with Gasteiger partial charge in [0.2, 0.25) is 5.91 Å². The van der Waals surface area contributed by atoms with E-state index in [1.54, 1.807) is 6.92 Å². The van der Waals surface area contributed by atoms with Gasteiger partial charge in [0.15, 0.2) is 5.13 Å². The first-order valence-corrected chi connectivity index (χ1v) is 13.4. The maximum atomic E-state index is 14.1. The highest BCUT2D eigenvalue weighted by molar-refractivity contribution is 7.14. The normalized spacial score (nSPS) is 23.0. The zero-order chi connectivity index (χ0) is 26.1. The fourth-order valence-electron chi connectivity index (χ4n) is 6.74. The number of anilines is 1. The Hall–Kier alpha value is -4.36. The average molecular weight is 518 g/mol. The summed E-state index contributed by atoms with van der Waals surface area (Å²) < 4.78 is 0. The maximum absolute atomic E-state index is 14.1. The molecular formula is C31H23N3O3S. The third kappa shape index (κ3) is 2.88. The smallest absolute Gasteiger partial charge is 0.286 e. The van der Waals surface area contributed by atoms with Crippen LogP contribution < -0.4 is 5.32 Å². The summed E-state index contributed by atoms with van der Waals surface area (Å²) in [7, 11) is 0. The molecule has 38 heavy (non-hydrogen) atoms. The van der Waals surface area contributed by atoms with Gasteiger partial charge in [-0.3, -0.25) is 14.9 Å². The number of amides is 1. The Kier molecular flexibility index (Phi) is 4.84. The first-order chi connectivity index (χ1) is 18.4. The van der Waals surface area contributed by atoms with Crippen molar-refractivity contribution in [1.29, 1.82) is 0 Å². The van der Waals surface area contributed by atoms with Crippen LogP contribution in [-0.4, -0.2) is 15.8 Å². The maximum Gasteiger partial charge on any atom is 0.286 e. The Morgan fingerprint density at radius 1 is 0.947 bits per heavy atom. The molecule has 2 bridgehead atoms. The van der Waals surface area contributed by atoms with Crippen LogP contribution in [0.3, 0.4) is 0 Å². The Labute approximate surface area is 223 Å². The largest absolute Gasteiger partial charge is 0.301 e. The number of nitro groups is 1. The lowest BCUT2D eigenvalue weighted by Crippen LogP contribution is -2.62. The second kappa shape index (κ2) is 8.07. The van der Waals surface area contributed by atoms with Crippen molar-refractivity contribution in [1.82, 2.24) is 4.98 Å². The minimum atomic E-state index is -1.70. The van der Waals surface area contributed by atoms with Gasteiger partial charge in [0.25, 0.3) is 5.54 Å². The molecule has 3 aliphatic carbocycles. The van der Waals surface area contributed by atoms with Crippen molar-refractivity contribution < 1.29 is 9.72 Å². The van der Waals surface area contributed by atoms with Gasteiger partial charge in [-0.25, -0.2) is 4.98 Å². The van der Waals surface area contributed by atoms with E-state index in [2.05, 4.69) is 23.5 Å². The van der Waals surface area contributed by atoms with Crippen LogP contribution in [0.1, 0.15) is 41.5 Å². The van der Waals surface area contributed by atoms with Gasteiger partial charge in [-0.1, -0.05) is 91.0 Å². The molecule has 5 aromatic rings. The molecule has 7 heteroatoms. The molecule has 3 aliphatic rings. The van der Waals surface area contributed by atoms with E-state index in [0.29, 0.717) is 22.7 Å². The molecule has 4 aromatic carbocycles. The number of fused-ring (bicyclic) bond motifs is 2. The molecule has 0 aliphatic heterocycles. The molecule has 0 fully saturated rings.